The number of aliphatic hydroxyl groups excluding tert-OH is 1. The van der Waals surface area contributed by atoms with Crippen LogP contribution in [0.25, 0.3) is 0 Å². The third-order valence-corrected chi connectivity index (χ3v) is 9.31. The Labute approximate surface area is 284 Å². The van der Waals surface area contributed by atoms with Gasteiger partial charge in [0.1, 0.15) is 5.75 Å². The molecule has 3 aromatic rings. The number of ether oxygens (including phenoxy) is 1. The molecular formula is C36H48N4O7S. The van der Waals surface area contributed by atoms with E-state index in [1.54, 1.807) is 14.0 Å². The van der Waals surface area contributed by atoms with E-state index in [1.165, 1.54) is 25.2 Å². The minimum atomic E-state index is -3.72. The molecule has 0 aliphatic heterocycles. The number of methoxy groups -OCH3 is 1. The summed E-state index contributed by atoms with van der Waals surface area (Å²) in [5.74, 6) is -1.12. The standard InChI is InChI=1S/C36H48N4O7S/c1-23(2)16-32(33(41)17-24(3)34(42)37-22-26-12-11-15-31(18-26)47-6)39-36(44)29-19-28(20-30(21-29)40(5)48(7,45)46)35(43)38-25(4)27-13-9-8-10-14-27/h8-15,18-21,23-25,32-33,41H,16-17,22H2,1-7H3,(H,37,42)(H,38,43)(H,39,44). The van der Waals surface area contributed by atoms with Crippen molar-refractivity contribution in [2.24, 2.45) is 11.8 Å². The van der Waals surface area contributed by atoms with E-state index < -0.39 is 39.9 Å². The smallest absolute Gasteiger partial charge is 0.251 e. The quantitative estimate of drug-likeness (QED) is 0.175. The van der Waals surface area contributed by atoms with E-state index in [-0.39, 0.29) is 41.1 Å². The largest absolute Gasteiger partial charge is 0.497 e. The predicted octanol–water partition coefficient (Wildman–Crippen LogP) is 4.43. The maximum atomic E-state index is 13.7. The van der Waals surface area contributed by atoms with Crippen molar-refractivity contribution in [3.8, 4) is 5.75 Å². The molecule has 48 heavy (non-hydrogen) atoms. The molecule has 0 fully saturated rings. The number of carbonyl (C=O) groups is 3. The molecule has 0 spiro atoms. The molecule has 0 saturated carbocycles. The SMILES string of the molecule is COc1cccc(CNC(=O)C(C)CC(O)C(CC(C)C)NC(=O)c2cc(C(=O)NC(C)c3ccccc3)cc(N(C)S(C)(=O)=O)c2)c1. The summed E-state index contributed by atoms with van der Waals surface area (Å²) in [6.07, 6.45) is 0.463. The van der Waals surface area contributed by atoms with Crippen LogP contribution in [0.1, 0.15) is 78.4 Å². The van der Waals surface area contributed by atoms with Gasteiger partial charge in [0, 0.05) is 30.6 Å². The van der Waals surface area contributed by atoms with Crippen LogP contribution < -0.4 is 25.0 Å². The van der Waals surface area contributed by atoms with Crippen LogP contribution in [0.3, 0.4) is 0 Å². The number of benzene rings is 3. The zero-order valence-corrected chi connectivity index (χ0v) is 29.5. The summed E-state index contributed by atoms with van der Waals surface area (Å²) < 4.78 is 31.1. The van der Waals surface area contributed by atoms with Gasteiger partial charge >= 0.3 is 0 Å². The van der Waals surface area contributed by atoms with Crippen LogP contribution in [0.15, 0.2) is 72.8 Å². The number of nitrogens with one attached hydrogen (secondary N) is 3. The Balaban J connectivity index is 1.79. The van der Waals surface area contributed by atoms with Crippen molar-refractivity contribution in [1.82, 2.24) is 16.0 Å². The van der Waals surface area contributed by atoms with E-state index in [9.17, 15) is 27.9 Å². The number of rotatable bonds is 16. The first-order valence-electron chi connectivity index (χ1n) is 15.9. The summed E-state index contributed by atoms with van der Waals surface area (Å²) in [4.78, 5) is 40.0. The van der Waals surface area contributed by atoms with Gasteiger partial charge in [-0.2, -0.15) is 0 Å². The summed E-state index contributed by atoms with van der Waals surface area (Å²) in [5, 5.41) is 19.9. The van der Waals surface area contributed by atoms with Gasteiger partial charge in [0.2, 0.25) is 15.9 Å². The maximum Gasteiger partial charge on any atom is 0.251 e. The lowest BCUT2D eigenvalue weighted by Crippen LogP contribution is -2.46. The van der Waals surface area contributed by atoms with Gasteiger partial charge in [-0.15, -0.1) is 0 Å². The highest BCUT2D eigenvalue weighted by Gasteiger charge is 2.28. The molecule has 4 atom stereocenters. The molecule has 0 radical (unpaired) electrons. The Kier molecular flexibility index (Phi) is 13.6. The highest BCUT2D eigenvalue weighted by atomic mass is 32.2. The van der Waals surface area contributed by atoms with Gasteiger partial charge in [0.25, 0.3) is 11.8 Å². The molecule has 12 heteroatoms. The molecule has 3 amide bonds. The number of carbonyl (C=O) groups excluding carboxylic acids is 3. The Morgan fingerprint density at radius 3 is 2.06 bits per heavy atom. The first-order chi connectivity index (χ1) is 22.6. The molecule has 4 N–H and O–H groups in total. The zero-order chi connectivity index (χ0) is 35.6. The lowest BCUT2D eigenvalue weighted by atomic mass is 9.92. The minimum Gasteiger partial charge on any atom is -0.497 e. The number of nitrogens with zero attached hydrogens (tertiary/aromatic N) is 1. The van der Waals surface area contributed by atoms with Crippen LogP contribution in [0.4, 0.5) is 5.69 Å². The summed E-state index contributed by atoms with van der Waals surface area (Å²) >= 11 is 0. The molecule has 3 aromatic carbocycles. The van der Waals surface area contributed by atoms with Crippen molar-refractivity contribution >= 4 is 33.4 Å². The van der Waals surface area contributed by atoms with Crippen molar-refractivity contribution in [1.29, 1.82) is 0 Å². The van der Waals surface area contributed by atoms with Crippen LogP contribution in [-0.2, 0) is 21.4 Å². The van der Waals surface area contributed by atoms with Gasteiger partial charge in [0.15, 0.2) is 0 Å². The number of sulfonamides is 1. The average Bonchev–Trinajstić information content (AvgIpc) is 3.05. The average molecular weight is 681 g/mol. The van der Waals surface area contributed by atoms with Crippen LogP contribution in [0.5, 0.6) is 5.75 Å². The normalized spacial score (nSPS) is 13.9. The van der Waals surface area contributed by atoms with Gasteiger partial charge in [-0.05, 0) is 67.1 Å². The Morgan fingerprint density at radius 1 is 0.854 bits per heavy atom. The van der Waals surface area contributed by atoms with E-state index in [0.29, 0.717) is 18.7 Å². The Morgan fingerprint density at radius 2 is 1.48 bits per heavy atom. The van der Waals surface area contributed by atoms with Gasteiger partial charge < -0.3 is 25.8 Å². The van der Waals surface area contributed by atoms with Crippen molar-refractivity contribution in [2.75, 3.05) is 24.7 Å². The molecule has 0 heterocycles. The first kappa shape index (κ1) is 38.0. The highest BCUT2D eigenvalue weighted by Crippen LogP contribution is 2.23. The van der Waals surface area contributed by atoms with E-state index in [1.807, 2.05) is 75.4 Å². The second kappa shape index (κ2) is 17.1. The van der Waals surface area contributed by atoms with E-state index >= 15 is 0 Å². The summed E-state index contributed by atoms with van der Waals surface area (Å²) in [6.45, 7) is 7.73. The van der Waals surface area contributed by atoms with E-state index in [2.05, 4.69) is 16.0 Å². The molecular weight excluding hydrogens is 632 g/mol. The van der Waals surface area contributed by atoms with Crippen molar-refractivity contribution < 1.29 is 32.6 Å². The fourth-order valence-corrected chi connectivity index (χ4v) is 5.69. The van der Waals surface area contributed by atoms with E-state index in [4.69, 9.17) is 4.74 Å². The molecule has 3 rings (SSSR count). The summed E-state index contributed by atoms with van der Waals surface area (Å²) in [5.41, 5.74) is 2.02. The maximum absolute atomic E-state index is 13.7. The summed E-state index contributed by atoms with van der Waals surface area (Å²) in [6, 6.07) is 19.8. The Bertz CT molecular complexity index is 1660. The first-order valence-corrected chi connectivity index (χ1v) is 17.8. The fourth-order valence-electron chi connectivity index (χ4n) is 5.20. The molecule has 260 valence electrons. The lowest BCUT2D eigenvalue weighted by Gasteiger charge is -2.28. The number of amides is 3. The minimum absolute atomic E-state index is 0.0468. The van der Waals surface area contributed by atoms with Gasteiger partial charge in [-0.3, -0.25) is 18.7 Å². The van der Waals surface area contributed by atoms with Crippen molar-refractivity contribution in [2.45, 2.75) is 65.3 Å². The predicted molar refractivity (Wildman–Crippen MR) is 187 cm³/mol. The number of hydrogen-bond donors (Lipinski definition) is 4. The third-order valence-electron chi connectivity index (χ3n) is 8.10. The monoisotopic (exact) mass is 680 g/mol. The lowest BCUT2D eigenvalue weighted by molar-refractivity contribution is -0.125. The molecule has 0 aliphatic rings. The second-order valence-electron chi connectivity index (χ2n) is 12.6. The van der Waals surface area contributed by atoms with Crippen molar-refractivity contribution in [3.63, 3.8) is 0 Å². The van der Waals surface area contributed by atoms with Crippen LogP contribution in [0.2, 0.25) is 0 Å². The summed E-state index contributed by atoms with van der Waals surface area (Å²) in [7, 11) is -0.810. The number of anilines is 1. The van der Waals surface area contributed by atoms with Gasteiger partial charge in [-0.25, -0.2) is 8.42 Å². The zero-order valence-electron chi connectivity index (χ0n) is 28.7. The van der Waals surface area contributed by atoms with Crippen LogP contribution in [0, 0.1) is 11.8 Å². The topological polar surface area (TPSA) is 154 Å². The molecule has 4 unspecified atom stereocenters. The third kappa shape index (κ3) is 11.1. The highest BCUT2D eigenvalue weighted by molar-refractivity contribution is 7.92. The molecule has 0 bridgehead atoms. The van der Waals surface area contributed by atoms with E-state index in [0.717, 1.165) is 21.7 Å². The molecule has 0 aromatic heterocycles. The molecule has 0 aliphatic carbocycles. The molecule has 0 saturated heterocycles. The van der Waals surface area contributed by atoms with Crippen LogP contribution in [-0.4, -0.2) is 63.8 Å². The second-order valence-corrected chi connectivity index (χ2v) is 14.6. The number of hydrogen-bond acceptors (Lipinski definition) is 7. The molecule has 11 nitrogen and oxygen atoms in total. The van der Waals surface area contributed by atoms with Gasteiger partial charge in [0.05, 0.1) is 37.2 Å². The number of aliphatic hydroxyl groups is 1. The van der Waals surface area contributed by atoms with Crippen molar-refractivity contribution in [3.05, 3.63) is 95.1 Å². The van der Waals surface area contributed by atoms with Gasteiger partial charge in [-0.1, -0.05) is 63.2 Å². The Hall–Kier alpha value is -4.42. The fraction of sp³-hybridized carbons (Fsp3) is 0.417. The van der Waals surface area contributed by atoms with Crippen LogP contribution >= 0.6 is 0 Å².